The van der Waals surface area contributed by atoms with E-state index >= 15 is 0 Å². The van der Waals surface area contributed by atoms with Crippen molar-refractivity contribution in [2.75, 3.05) is 69.8 Å². The molecule has 0 aromatic heterocycles. The molecule has 2 saturated heterocycles. The Bertz CT molecular complexity index is 1040. The summed E-state index contributed by atoms with van der Waals surface area (Å²) in [5.41, 5.74) is 7.62. The molecule has 9 nitrogen and oxygen atoms in total. The highest BCUT2D eigenvalue weighted by Gasteiger charge is 2.32. The van der Waals surface area contributed by atoms with E-state index in [0.29, 0.717) is 49.8 Å². The average Bonchev–Trinajstić information content (AvgIpc) is 3.24. The van der Waals surface area contributed by atoms with Crippen molar-refractivity contribution in [3.05, 3.63) is 53.8 Å². The molecule has 2 fully saturated rings. The number of amides is 2. The maximum Gasteiger partial charge on any atom is 0.414 e. The van der Waals surface area contributed by atoms with Crippen molar-refractivity contribution < 1.29 is 23.5 Å². The number of hydrogen-bond acceptors (Lipinski definition) is 7. The first kappa shape index (κ1) is 24.7. The number of nitrogens with two attached hydrogens (primary N) is 1. The molecular formula is C25H32FN5O4. The Labute approximate surface area is 204 Å². The molecule has 2 amide bonds. The topological polar surface area (TPSA) is 91.6 Å². The molecule has 2 aliphatic heterocycles. The van der Waals surface area contributed by atoms with E-state index in [1.807, 2.05) is 43.3 Å². The molecule has 1 atom stereocenters. The summed E-state index contributed by atoms with van der Waals surface area (Å²) in [7, 11) is 4.02. The van der Waals surface area contributed by atoms with Gasteiger partial charge in [-0.1, -0.05) is 12.1 Å². The van der Waals surface area contributed by atoms with Gasteiger partial charge in [-0.15, -0.1) is 0 Å². The fourth-order valence-corrected chi connectivity index (χ4v) is 4.26. The van der Waals surface area contributed by atoms with E-state index in [4.69, 9.17) is 15.2 Å². The van der Waals surface area contributed by atoms with Crippen molar-refractivity contribution in [3.8, 4) is 5.75 Å². The van der Waals surface area contributed by atoms with Crippen LogP contribution < -0.4 is 20.3 Å². The van der Waals surface area contributed by atoms with Crippen molar-refractivity contribution in [2.24, 2.45) is 5.73 Å². The Balaban J connectivity index is 1.27. The van der Waals surface area contributed by atoms with E-state index < -0.39 is 11.9 Å². The second-order valence-corrected chi connectivity index (χ2v) is 9.03. The summed E-state index contributed by atoms with van der Waals surface area (Å²) in [4.78, 5) is 31.7. The van der Waals surface area contributed by atoms with Crippen LogP contribution >= 0.6 is 0 Å². The van der Waals surface area contributed by atoms with Gasteiger partial charge in [-0.3, -0.25) is 9.69 Å². The molecule has 0 saturated carbocycles. The molecule has 0 spiro atoms. The fraction of sp³-hybridized carbons (Fsp3) is 0.440. The number of piperazine rings is 1. The monoisotopic (exact) mass is 485 g/mol. The van der Waals surface area contributed by atoms with E-state index in [2.05, 4.69) is 4.90 Å². The number of anilines is 2. The molecule has 0 aliphatic carbocycles. The number of cyclic esters (lactones) is 1. The number of hydrogen-bond donors (Lipinski definition) is 1. The van der Waals surface area contributed by atoms with Crippen LogP contribution in [0.3, 0.4) is 0 Å². The quantitative estimate of drug-likeness (QED) is 0.611. The number of rotatable bonds is 8. The van der Waals surface area contributed by atoms with Gasteiger partial charge in [-0.05, 0) is 50.0 Å². The van der Waals surface area contributed by atoms with Crippen molar-refractivity contribution >= 4 is 23.4 Å². The van der Waals surface area contributed by atoms with E-state index in [1.54, 1.807) is 17.0 Å². The summed E-state index contributed by atoms with van der Waals surface area (Å²) in [6.07, 6.45) is -0.909. The van der Waals surface area contributed by atoms with Gasteiger partial charge in [0.05, 0.1) is 17.9 Å². The van der Waals surface area contributed by atoms with E-state index in [1.165, 1.54) is 16.5 Å². The van der Waals surface area contributed by atoms with Crippen molar-refractivity contribution in [1.82, 2.24) is 9.80 Å². The lowest BCUT2D eigenvalue weighted by Gasteiger charge is -2.36. The summed E-state index contributed by atoms with van der Waals surface area (Å²) in [5, 5.41) is 0. The number of ether oxygens (including phenoxy) is 2. The highest BCUT2D eigenvalue weighted by molar-refractivity contribution is 5.90. The normalized spacial score (nSPS) is 18.3. The molecule has 2 heterocycles. The van der Waals surface area contributed by atoms with Crippen LogP contribution in [0.15, 0.2) is 42.5 Å². The van der Waals surface area contributed by atoms with Gasteiger partial charge in [0.15, 0.2) is 6.61 Å². The average molecular weight is 486 g/mol. The highest BCUT2D eigenvalue weighted by Crippen LogP contribution is 2.28. The molecule has 188 valence electrons. The molecule has 2 aliphatic rings. The Hall–Kier alpha value is -3.37. The number of carbonyl (C=O) groups is 2. The van der Waals surface area contributed by atoms with Crippen LogP contribution in [0, 0.1) is 5.82 Å². The van der Waals surface area contributed by atoms with Gasteiger partial charge in [0.1, 0.15) is 17.7 Å². The summed E-state index contributed by atoms with van der Waals surface area (Å²) >= 11 is 0. The molecule has 0 radical (unpaired) electrons. The smallest absolute Gasteiger partial charge is 0.414 e. The van der Waals surface area contributed by atoms with E-state index in [-0.39, 0.29) is 25.2 Å². The van der Waals surface area contributed by atoms with Gasteiger partial charge in [-0.2, -0.15) is 0 Å². The number of halogens is 1. The number of carbonyl (C=O) groups excluding carboxylic acids is 2. The van der Waals surface area contributed by atoms with Crippen LogP contribution in [0.1, 0.15) is 5.56 Å². The summed E-state index contributed by atoms with van der Waals surface area (Å²) < 4.78 is 25.7. The standard InChI is InChI=1S/C25H32FN5O4/c1-28(2)15-18-3-6-20(7-4-18)34-17-24(32)30-11-9-29(10-12-30)23-8-5-19(13-22(23)26)31-16-21(14-27)35-25(31)33/h3-8,13,21H,9-12,14-17,27H2,1-2H3/t21-/m0/s1. The SMILES string of the molecule is CN(C)Cc1ccc(OCC(=O)N2CCN(c3ccc(N4C[C@H](CN)OC4=O)cc3F)CC2)cc1. The first-order valence-corrected chi connectivity index (χ1v) is 11.7. The third kappa shape index (κ3) is 6.01. The minimum Gasteiger partial charge on any atom is -0.484 e. The minimum absolute atomic E-state index is 0.0359. The van der Waals surface area contributed by atoms with Crippen LogP contribution in [0.25, 0.3) is 0 Å². The van der Waals surface area contributed by atoms with Crippen molar-refractivity contribution in [1.29, 1.82) is 0 Å². The summed E-state index contributed by atoms with van der Waals surface area (Å²) in [5.74, 6) is 0.133. The van der Waals surface area contributed by atoms with Gasteiger partial charge in [-0.25, -0.2) is 9.18 Å². The van der Waals surface area contributed by atoms with Crippen LogP contribution in [-0.4, -0.2) is 87.9 Å². The zero-order chi connectivity index (χ0) is 24.9. The fourth-order valence-electron chi connectivity index (χ4n) is 4.26. The molecule has 35 heavy (non-hydrogen) atoms. The largest absolute Gasteiger partial charge is 0.484 e. The van der Waals surface area contributed by atoms with Crippen LogP contribution in [0.4, 0.5) is 20.6 Å². The van der Waals surface area contributed by atoms with E-state index in [9.17, 15) is 14.0 Å². The van der Waals surface area contributed by atoms with Crippen LogP contribution in [-0.2, 0) is 16.1 Å². The molecule has 2 aromatic carbocycles. The predicted octanol–water partition coefficient (Wildman–Crippen LogP) is 1.90. The Morgan fingerprint density at radius 1 is 1.14 bits per heavy atom. The zero-order valence-corrected chi connectivity index (χ0v) is 20.2. The Morgan fingerprint density at radius 2 is 1.86 bits per heavy atom. The molecule has 4 rings (SSSR count). The molecule has 10 heteroatoms. The molecular weight excluding hydrogens is 453 g/mol. The van der Waals surface area contributed by atoms with Gasteiger partial charge in [0.2, 0.25) is 0 Å². The Kier molecular flexibility index (Phi) is 7.72. The maximum absolute atomic E-state index is 14.9. The lowest BCUT2D eigenvalue weighted by molar-refractivity contribution is -0.133. The van der Waals surface area contributed by atoms with E-state index in [0.717, 1.165) is 6.54 Å². The van der Waals surface area contributed by atoms with Crippen LogP contribution in [0.5, 0.6) is 5.75 Å². The van der Waals surface area contributed by atoms with Crippen molar-refractivity contribution in [2.45, 2.75) is 12.6 Å². The molecule has 0 unspecified atom stereocenters. The predicted molar refractivity (Wildman–Crippen MR) is 131 cm³/mol. The zero-order valence-electron chi connectivity index (χ0n) is 20.2. The third-order valence-electron chi connectivity index (χ3n) is 6.14. The lowest BCUT2D eigenvalue weighted by Crippen LogP contribution is -2.50. The van der Waals surface area contributed by atoms with Crippen LogP contribution in [0.2, 0.25) is 0 Å². The third-order valence-corrected chi connectivity index (χ3v) is 6.14. The van der Waals surface area contributed by atoms with Gasteiger partial charge in [0.25, 0.3) is 5.91 Å². The van der Waals surface area contributed by atoms with Gasteiger partial charge >= 0.3 is 6.09 Å². The lowest BCUT2D eigenvalue weighted by atomic mass is 10.2. The first-order valence-electron chi connectivity index (χ1n) is 11.7. The van der Waals surface area contributed by atoms with Gasteiger partial charge in [0, 0.05) is 39.3 Å². The minimum atomic E-state index is -0.522. The molecule has 0 bridgehead atoms. The van der Waals surface area contributed by atoms with Gasteiger partial charge < -0.3 is 29.9 Å². The molecule has 2 aromatic rings. The first-order chi connectivity index (χ1) is 16.8. The highest BCUT2D eigenvalue weighted by atomic mass is 19.1. The summed E-state index contributed by atoms with van der Waals surface area (Å²) in [6.45, 7) is 3.28. The Morgan fingerprint density at radius 3 is 2.46 bits per heavy atom. The summed E-state index contributed by atoms with van der Waals surface area (Å²) in [6, 6.07) is 12.4. The second-order valence-electron chi connectivity index (χ2n) is 9.03. The van der Waals surface area contributed by atoms with Crippen molar-refractivity contribution in [3.63, 3.8) is 0 Å². The second kappa shape index (κ2) is 10.9. The number of nitrogens with zero attached hydrogens (tertiary/aromatic N) is 4. The maximum atomic E-state index is 14.9. The molecule has 2 N–H and O–H groups in total. The number of benzene rings is 2.